The maximum atomic E-state index is 12.4. The Balaban J connectivity index is 1.78. The van der Waals surface area contributed by atoms with Crippen LogP contribution in [0.25, 0.3) is 0 Å². The molecule has 0 aromatic carbocycles. The molecule has 3 rings (SSSR count). The standard InChI is InChI=1S/C13H16BrNOS/c14-12-7-10(8-17-12)13(16)15-6-5-9-3-1-2-4-11(9)15/h7-9,11H,1-6H2. The van der Waals surface area contributed by atoms with Crippen LogP contribution in [0.4, 0.5) is 0 Å². The number of halogens is 1. The van der Waals surface area contributed by atoms with Gasteiger partial charge in [0.15, 0.2) is 0 Å². The summed E-state index contributed by atoms with van der Waals surface area (Å²) < 4.78 is 1.04. The van der Waals surface area contributed by atoms with Crippen molar-refractivity contribution in [3.63, 3.8) is 0 Å². The van der Waals surface area contributed by atoms with Crippen molar-refractivity contribution in [1.29, 1.82) is 0 Å². The van der Waals surface area contributed by atoms with Gasteiger partial charge in [0.05, 0.1) is 9.35 Å². The molecule has 17 heavy (non-hydrogen) atoms. The van der Waals surface area contributed by atoms with E-state index in [1.165, 1.54) is 32.1 Å². The lowest BCUT2D eigenvalue weighted by Crippen LogP contribution is -2.39. The number of carbonyl (C=O) groups is 1. The van der Waals surface area contributed by atoms with Gasteiger partial charge >= 0.3 is 0 Å². The van der Waals surface area contributed by atoms with E-state index in [1.807, 2.05) is 11.4 Å². The molecule has 2 aliphatic rings. The monoisotopic (exact) mass is 313 g/mol. The fourth-order valence-electron chi connectivity index (χ4n) is 3.25. The number of amides is 1. The maximum Gasteiger partial charge on any atom is 0.254 e. The zero-order valence-electron chi connectivity index (χ0n) is 9.69. The molecule has 92 valence electrons. The summed E-state index contributed by atoms with van der Waals surface area (Å²) in [6, 6.07) is 2.47. The number of hydrogen-bond donors (Lipinski definition) is 0. The van der Waals surface area contributed by atoms with Gasteiger partial charge in [-0.25, -0.2) is 0 Å². The Hall–Kier alpha value is -0.350. The zero-order valence-corrected chi connectivity index (χ0v) is 12.1. The summed E-state index contributed by atoms with van der Waals surface area (Å²) in [5, 5.41) is 1.96. The van der Waals surface area contributed by atoms with Crippen LogP contribution in [0.2, 0.25) is 0 Å². The summed E-state index contributed by atoms with van der Waals surface area (Å²) >= 11 is 5.02. The van der Waals surface area contributed by atoms with E-state index in [2.05, 4.69) is 20.8 Å². The van der Waals surface area contributed by atoms with E-state index in [0.717, 1.165) is 21.8 Å². The second-order valence-electron chi connectivity index (χ2n) is 5.04. The molecule has 0 radical (unpaired) electrons. The SMILES string of the molecule is O=C(c1csc(Br)c1)N1CCC2CCCCC21. The lowest BCUT2D eigenvalue weighted by atomic mass is 9.85. The highest BCUT2D eigenvalue weighted by atomic mass is 79.9. The maximum absolute atomic E-state index is 12.4. The van der Waals surface area contributed by atoms with Gasteiger partial charge in [-0.15, -0.1) is 11.3 Å². The quantitative estimate of drug-likeness (QED) is 0.769. The fraction of sp³-hybridized carbons (Fsp3) is 0.615. The summed E-state index contributed by atoms with van der Waals surface area (Å²) in [6.07, 6.45) is 6.39. The number of nitrogens with zero attached hydrogens (tertiary/aromatic N) is 1. The topological polar surface area (TPSA) is 20.3 Å². The van der Waals surface area contributed by atoms with E-state index >= 15 is 0 Å². The van der Waals surface area contributed by atoms with E-state index in [4.69, 9.17) is 0 Å². The Labute approximate surface area is 114 Å². The summed E-state index contributed by atoms with van der Waals surface area (Å²) in [5.41, 5.74) is 0.855. The second kappa shape index (κ2) is 4.73. The molecule has 1 aromatic heterocycles. The molecule has 2 unspecified atom stereocenters. The second-order valence-corrected chi connectivity index (χ2v) is 7.33. The first-order chi connectivity index (χ1) is 8.25. The van der Waals surface area contributed by atoms with Crippen LogP contribution in [0.3, 0.4) is 0 Å². The van der Waals surface area contributed by atoms with Crippen molar-refractivity contribution in [3.8, 4) is 0 Å². The molecule has 2 fully saturated rings. The van der Waals surface area contributed by atoms with Crippen LogP contribution in [0, 0.1) is 5.92 Å². The molecule has 0 N–H and O–H groups in total. The minimum absolute atomic E-state index is 0.237. The van der Waals surface area contributed by atoms with E-state index < -0.39 is 0 Å². The third kappa shape index (κ3) is 2.17. The predicted molar refractivity (Wildman–Crippen MR) is 73.4 cm³/mol. The lowest BCUT2D eigenvalue weighted by Gasteiger charge is -2.31. The molecule has 1 amide bonds. The highest BCUT2D eigenvalue weighted by molar-refractivity contribution is 9.11. The molecule has 1 saturated carbocycles. The van der Waals surface area contributed by atoms with Crippen LogP contribution in [-0.2, 0) is 0 Å². The molecule has 1 saturated heterocycles. The van der Waals surface area contributed by atoms with Gasteiger partial charge in [-0.05, 0) is 47.2 Å². The van der Waals surface area contributed by atoms with Crippen molar-refractivity contribution in [1.82, 2.24) is 4.90 Å². The van der Waals surface area contributed by atoms with Crippen LogP contribution in [0.15, 0.2) is 15.2 Å². The van der Waals surface area contributed by atoms with Crippen LogP contribution < -0.4 is 0 Å². The molecule has 4 heteroatoms. The van der Waals surface area contributed by atoms with Crippen molar-refractivity contribution in [2.24, 2.45) is 5.92 Å². The molecule has 2 heterocycles. The highest BCUT2D eigenvalue weighted by Crippen LogP contribution is 2.37. The first kappa shape index (κ1) is 11.7. The van der Waals surface area contributed by atoms with Gasteiger partial charge in [-0.1, -0.05) is 12.8 Å². The molecule has 0 bridgehead atoms. The summed E-state index contributed by atoms with van der Waals surface area (Å²) in [5.74, 6) is 1.01. The van der Waals surface area contributed by atoms with E-state index in [9.17, 15) is 4.79 Å². The van der Waals surface area contributed by atoms with Crippen LogP contribution in [-0.4, -0.2) is 23.4 Å². The fourth-order valence-corrected chi connectivity index (χ4v) is 4.38. The van der Waals surface area contributed by atoms with Gasteiger partial charge in [0, 0.05) is 18.0 Å². The molecule has 2 nitrogen and oxygen atoms in total. The third-order valence-electron chi connectivity index (χ3n) is 4.09. The number of carbonyl (C=O) groups excluding carboxylic acids is 1. The van der Waals surface area contributed by atoms with Crippen LogP contribution in [0.1, 0.15) is 42.5 Å². The first-order valence-corrected chi connectivity index (χ1v) is 7.98. The number of hydrogen-bond acceptors (Lipinski definition) is 2. The van der Waals surface area contributed by atoms with Gasteiger partial charge in [-0.3, -0.25) is 4.79 Å². The minimum Gasteiger partial charge on any atom is -0.335 e. The summed E-state index contributed by atoms with van der Waals surface area (Å²) in [4.78, 5) is 14.6. The Morgan fingerprint density at radius 3 is 2.94 bits per heavy atom. The Morgan fingerprint density at radius 2 is 2.18 bits per heavy atom. The van der Waals surface area contributed by atoms with Gasteiger partial charge in [0.25, 0.3) is 5.91 Å². The molecular weight excluding hydrogens is 298 g/mol. The Kier molecular flexibility index (Phi) is 3.26. The molecule has 0 spiro atoms. The zero-order chi connectivity index (χ0) is 11.8. The number of thiophene rings is 1. The molecule has 1 aliphatic carbocycles. The van der Waals surface area contributed by atoms with Crippen LogP contribution >= 0.6 is 27.3 Å². The first-order valence-electron chi connectivity index (χ1n) is 6.31. The van der Waals surface area contributed by atoms with Crippen LogP contribution in [0.5, 0.6) is 0 Å². The summed E-state index contributed by atoms with van der Waals surface area (Å²) in [6.45, 7) is 0.960. The van der Waals surface area contributed by atoms with Crippen molar-refractivity contribution in [3.05, 3.63) is 20.8 Å². The van der Waals surface area contributed by atoms with E-state index in [1.54, 1.807) is 11.3 Å². The van der Waals surface area contributed by atoms with Gasteiger partial charge < -0.3 is 4.90 Å². The average Bonchev–Trinajstić information content (AvgIpc) is 2.94. The smallest absolute Gasteiger partial charge is 0.254 e. The number of likely N-dealkylation sites (tertiary alicyclic amines) is 1. The van der Waals surface area contributed by atoms with Crippen molar-refractivity contribution in [2.45, 2.75) is 38.1 Å². The largest absolute Gasteiger partial charge is 0.335 e. The minimum atomic E-state index is 0.237. The van der Waals surface area contributed by atoms with Gasteiger partial charge in [0.2, 0.25) is 0 Å². The highest BCUT2D eigenvalue weighted by Gasteiger charge is 2.38. The Morgan fingerprint density at radius 1 is 1.35 bits per heavy atom. The van der Waals surface area contributed by atoms with E-state index in [0.29, 0.717) is 6.04 Å². The van der Waals surface area contributed by atoms with E-state index in [-0.39, 0.29) is 5.91 Å². The number of fused-ring (bicyclic) bond motifs is 1. The molecule has 1 aliphatic heterocycles. The van der Waals surface area contributed by atoms with Crippen molar-refractivity contribution in [2.75, 3.05) is 6.54 Å². The van der Waals surface area contributed by atoms with Gasteiger partial charge in [0.1, 0.15) is 0 Å². The lowest BCUT2D eigenvalue weighted by molar-refractivity contribution is 0.0690. The normalized spacial score (nSPS) is 28.2. The Bertz CT molecular complexity index is 431. The molecular formula is C13H16BrNOS. The average molecular weight is 314 g/mol. The third-order valence-corrected chi connectivity index (χ3v) is 5.59. The van der Waals surface area contributed by atoms with Crippen molar-refractivity contribution >= 4 is 33.2 Å². The molecule has 2 atom stereocenters. The molecule has 1 aromatic rings. The summed E-state index contributed by atoms with van der Waals surface area (Å²) in [7, 11) is 0. The number of rotatable bonds is 1. The van der Waals surface area contributed by atoms with Crippen molar-refractivity contribution < 1.29 is 4.79 Å². The predicted octanol–water partition coefficient (Wildman–Crippen LogP) is 3.92. The van der Waals surface area contributed by atoms with Gasteiger partial charge in [-0.2, -0.15) is 0 Å².